The third kappa shape index (κ3) is 6.28. The Bertz CT molecular complexity index is 999. The number of carboxylic acid groups (broad SMARTS) is 1. The summed E-state index contributed by atoms with van der Waals surface area (Å²) < 4.78 is 10.1. The first kappa shape index (κ1) is 23.7. The molecule has 1 aliphatic heterocycles. The van der Waals surface area contributed by atoms with Gasteiger partial charge < -0.3 is 24.4 Å². The molecule has 1 atom stereocenters. The predicted octanol–water partition coefficient (Wildman–Crippen LogP) is 2.17. The number of piperazine rings is 1. The van der Waals surface area contributed by atoms with Gasteiger partial charge in [0, 0.05) is 38.6 Å². The van der Waals surface area contributed by atoms with Crippen molar-refractivity contribution in [2.45, 2.75) is 20.0 Å². The number of esters is 2. The number of carbonyl (C=O) groups is 3. The van der Waals surface area contributed by atoms with Gasteiger partial charge in [0.2, 0.25) is 0 Å². The van der Waals surface area contributed by atoms with Crippen LogP contribution in [0.5, 0.6) is 0 Å². The van der Waals surface area contributed by atoms with Crippen molar-refractivity contribution in [1.29, 1.82) is 0 Å². The smallest absolute Gasteiger partial charge is 0.347 e. The zero-order valence-corrected chi connectivity index (χ0v) is 18.5. The highest BCUT2D eigenvalue weighted by Gasteiger charge is 2.22. The fraction of sp³-hybridized carbons (Fsp3) is 0.348. The van der Waals surface area contributed by atoms with Crippen LogP contribution >= 0.6 is 0 Å². The second kappa shape index (κ2) is 11.1. The summed E-state index contributed by atoms with van der Waals surface area (Å²) in [4.78, 5) is 47.8. The lowest BCUT2D eigenvalue weighted by Gasteiger charge is -2.36. The van der Waals surface area contributed by atoms with Crippen LogP contribution in [0.15, 0.2) is 48.8 Å². The van der Waals surface area contributed by atoms with Crippen LogP contribution in [0.1, 0.15) is 34.6 Å². The van der Waals surface area contributed by atoms with Gasteiger partial charge in [0.05, 0.1) is 11.1 Å². The van der Waals surface area contributed by atoms with E-state index in [0.717, 1.165) is 11.6 Å². The maximum atomic E-state index is 12.3. The summed E-state index contributed by atoms with van der Waals surface area (Å²) in [7, 11) is 0. The highest BCUT2D eigenvalue weighted by Crippen LogP contribution is 2.18. The third-order valence-electron chi connectivity index (χ3n) is 5.08. The van der Waals surface area contributed by atoms with Gasteiger partial charge in [-0.2, -0.15) is 0 Å². The van der Waals surface area contributed by atoms with Gasteiger partial charge in [-0.3, -0.25) is 0 Å². The zero-order chi connectivity index (χ0) is 23.8. The first-order valence-corrected chi connectivity index (χ1v) is 10.5. The van der Waals surface area contributed by atoms with Crippen LogP contribution in [-0.2, 0) is 14.3 Å². The average Bonchev–Trinajstić information content (AvgIpc) is 2.84. The van der Waals surface area contributed by atoms with Gasteiger partial charge >= 0.3 is 17.9 Å². The molecule has 0 aliphatic carbocycles. The van der Waals surface area contributed by atoms with E-state index in [0.29, 0.717) is 26.2 Å². The Labute approximate surface area is 191 Å². The summed E-state index contributed by atoms with van der Waals surface area (Å²) in [6.07, 6.45) is 5.20. The molecule has 3 rings (SSSR count). The Balaban J connectivity index is 1.51. The van der Waals surface area contributed by atoms with Gasteiger partial charge in [0.1, 0.15) is 18.2 Å². The van der Waals surface area contributed by atoms with Crippen molar-refractivity contribution >= 4 is 29.5 Å². The molecule has 0 aromatic carbocycles. The van der Waals surface area contributed by atoms with Crippen molar-refractivity contribution in [3.63, 3.8) is 0 Å². The van der Waals surface area contributed by atoms with E-state index in [1.165, 1.54) is 19.3 Å². The van der Waals surface area contributed by atoms with Crippen LogP contribution < -0.4 is 9.80 Å². The number of allylic oxidation sites excluding steroid dienone is 1. The molecule has 0 saturated carbocycles. The summed E-state index contributed by atoms with van der Waals surface area (Å²) >= 11 is 0. The molecule has 0 bridgehead atoms. The van der Waals surface area contributed by atoms with E-state index in [2.05, 4.69) is 19.8 Å². The molecular formula is C23H26N4O6. The van der Waals surface area contributed by atoms with Crippen molar-refractivity contribution in [1.82, 2.24) is 9.97 Å². The molecule has 0 spiro atoms. The number of aromatic nitrogens is 2. The van der Waals surface area contributed by atoms with Gasteiger partial charge in [0.15, 0.2) is 6.10 Å². The fourth-order valence-electron chi connectivity index (χ4n) is 3.18. The first-order chi connectivity index (χ1) is 15.9. The molecule has 10 nitrogen and oxygen atoms in total. The number of carbonyl (C=O) groups excluding carboxylic acids is 2. The van der Waals surface area contributed by atoms with Crippen LogP contribution in [0, 0.1) is 0 Å². The second-order valence-corrected chi connectivity index (χ2v) is 7.34. The zero-order valence-electron chi connectivity index (χ0n) is 18.5. The normalized spacial score (nSPS) is 14.7. The number of nitrogens with zero attached hydrogens (tertiary/aromatic N) is 4. The minimum Gasteiger partial charge on any atom is -0.478 e. The number of rotatable bonds is 8. The number of hydrogen-bond acceptors (Lipinski definition) is 9. The van der Waals surface area contributed by atoms with Gasteiger partial charge in [0.25, 0.3) is 0 Å². The molecule has 1 N–H and O–H groups in total. The highest BCUT2D eigenvalue weighted by molar-refractivity contribution is 5.91. The molecule has 1 fully saturated rings. The van der Waals surface area contributed by atoms with E-state index in [1.54, 1.807) is 36.4 Å². The quantitative estimate of drug-likeness (QED) is 0.469. The van der Waals surface area contributed by atoms with E-state index >= 15 is 0 Å². The molecule has 0 unspecified atom stereocenters. The number of hydrogen-bond donors (Lipinski definition) is 1. The van der Waals surface area contributed by atoms with Gasteiger partial charge in [-0.05, 0) is 38.1 Å². The molecule has 2 aromatic heterocycles. The van der Waals surface area contributed by atoms with E-state index in [1.807, 2.05) is 6.92 Å². The van der Waals surface area contributed by atoms with Gasteiger partial charge in [-0.15, -0.1) is 0 Å². The number of anilines is 2. The van der Waals surface area contributed by atoms with E-state index < -0.39 is 24.0 Å². The number of carboxylic acids is 1. The number of aromatic carboxylic acids is 1. The summed E-state index contributed by atoms with van der Waals surface area (Å²) in [5, 5.41) is 8.99. The molecule has 10 heteroatoms. The SMILES string of the molecule is C/C=C/COC(=O)[C@@H](C)OC(=O)c1ccc(N2CCN(c3ccc(C(=O)O)cn3)CC2)nc1. The molecule has 1 aliphatic rings. The Morgan fingerprint density at radius 1 is 1.00 bits per heavy atom. The average molecular weight is 454 g/mol. The maximum Gasteiger partial charge on any atom is 0.347 e. The Hall–Kier alpha value is -3.95. The van der Waals surface area contributed by atoms with Crippen molar-refractivity contribution < 1.29 is 29.0 Å². The molecule has 33 heavy (non-hydrogen) atoms. The van der Waals surface area contributed by atoms with E-state index in [-0.39, 0.29) is 17.7 Å². The highest BCUT2D eigenvalue weighted by atomic mass is 16.6. The Morgan fingerprint density at radius 3 is 2.00 bits per heavy atom. The molecule has 0 radical (unpaired) electrons. The molecule has 1 saturated heterocycles. The van der Waals surface area contributed by atoms with Crippen LogP contribution in [0.25, 0.3) is 0 Å². The standard InChI is InChI=1S/C23H26N4O6/c1-3-4-13-32-22(30)16(2)33-23(31)18-6-8-20(25-15-18)27-11-9-26(10-12-27)19-7-5-17(14-24-19)21(28)29/h3-8,14-16H,9-13H2,1-2H3,(H,28,29)/b4-3+/t16-/m1/s1. The molecular weight excluding hydrogens is 428 g/mol. The van der Waals surface area contributed by atoms with Crippen LogP contribution in [0.3, 0.4) is 0 Å². The lowest BCUT2D eigenvalue weighted by Crippen LogP contribution is -2.47. The van der Waals surface area contributed by atoms with Gasteiger partial charge in [-0.1, -0.05) is 12.2 Å². The molecule has 174 valence electrons. The van der Waals surface area contributed by atoms with E-state index in [4.69, 9.17) is 14.6 Å². The Morgan fingerprint density at radius 2 is 1.55 bits per heavy atom. The number of pyridine rings is 2. The summed E-state index contributed by atoms with van der Waals surface area (Å²) in [6.45, 7) is 6.16. The van der Waals surface area contributed by atoms with Crippen molar-refractivity contribution in [3.8, 4) is 0 Å². The van der Waals surface area contributed by atoms with Crippen molar-refractivity contribution in [3.05, 3.63) is 59.9 Å². The molecule has 2 aromatic rings. The summed E-state index contributed by atoms with van der Waals surface area (Å²) in [5.41, 5.74) is 0.397. The van der Waals surface area contributed by atoms with Crippen molar-refractivity contribution in [2.75, 3.05) is 42.6 Å². The number of ether oxygens (including phenoxy) is 2. The summed E-state index contributed by atoms with van der Waals surface area (Å²) in [6, 6.07) is 6.59. The van der Waals surface area contributed by atoms with Gasteiger partial charge in [-0.25, -0.2) is 24.4 Å². The fourth-order valence-corrected chi connectivity index (χ4v) is 3.18. The van der Waals surface area contributed by atoms with Crippen LogP contribution in [0.2, 0.25) is 0 Å². The van der Waals surface area contributed by atoms with Crippen LogP contribution in [0.4, 0.5) is 11.6 Å². The monoisotopic (exact) mass is 454 g/mol. The van der Waals surface area contributed by atoms with E-state index in [9.17, 15) is 14.4 Å². The predicted molar refractivity (Wildman–Crippen MR) is 121 cm³/mol. The largest absolute Gasteiger partial charge is 0.478 e. The minimum atomic E-state index is -1.02. The topological polar surface area (TPSA) is 122 Å². The first-order valence-electron chi connectivity index (χ1n) is 10.5. The molecule has 3 heterocycles. The maximum absolute atomic E-state index is 12.3. The van der Waals surface area contributed by atoms with Crippen LogP contribution in [-0.4, -0.2) is 71.9 Å². The third-order valence-corrected chi connectivity index (χ3v) is 5.08. The second-order valence-electron chi connectivity index (χ2n) is 7.34. The lowest BCUT2D eigenvalue weighted by molar-refractivity contribution is -0.151. The summed E-state index contributed by atoms with van der Waals surface area (Å²) in [5.74, 6) is -0.819. The van der Waals surface area contributed by atoms with Crippen molar-refractivity contribution in [2.24, 2.45) is 0 Å². The molecule has 0 amide bonds. The minimum absolute atomic E-state index is 0.129. The lowest BCUT2D eigenvalue weighted by atomic mass is 10.2. The Kier molecular flexibility index (Phi) is 7.96.